The van der Waals surface area contributed by atoms with Crippen molar-refractivity contribution >= 4 is 11.8 Å². The number of aryl methyl sites for hydroxylation is 2. The molecule has 0 spiro atoms. The number of aromatic nitrogens is 1. The standard InChI is InChI=1S/C13H11F2NS/c1-8-3-13(16-7-9(8)2)17-12-5-10(14)4-11(15)6-12/h3-7H,1-2H3. The van der Waals surface area contributed by atoms with Crippen LogP contribution in [0.4, 0.5) is 8.78 Å². The fourth-order valence-corrected chi connectivity index (χ4v) is 2.29. The van der Waals surface area contributed by atoms with Crippen LogP contribution in [-0.4, -0.2) is 4.98 Å². The molecule has 1 nitrogen and oxygen atoms in total. The van der Waals surface area contributed by atoms with Gasteiger partial charge < -0.3 is 0 Å². The Hall–Kier alpha value is -1.42. The van der Waals surface area contributed by atoms with E-state index < -0.39 is 11.6 Å². The topological polar surface area (TPSA) is 12.9 Å². The van der Waals surface area contributed by atoms with E-state index >= 15 is 0 Å². The van der Waals surface area contributed by atoms with Crippen molar-refractivity contribution < 1.29 is 8.78 Å². The molecule has 88 valence electrons. The summed E-state index contributed by atoms with van der Waals surface area (Å²) in [6.07, 6.45) is 1.76. The van der Waals surface area contributed by atoms with Gasteiger partial charge in [-0.2, -0.15) is 0 Å². The van der Waals surface area contributed by atoms with Crippen LogP contribution in [0.5, 0.6) is 0 Å². The van der Waals surface area contributed by atoms with Crippen molar-refractivity contribution in [1.82, 2.24) is 4.98 Å². The molecule has 0 saturated heterocycles. The van der Waals surface area contributed by atoms with Crippen molar-refractivity contribution in [1.29, 1.82) is 0 Å². The minimum Gasteiger partial charge on any atom is -0.249 e. The predicted octanol–water partition coefficient (Wildman–Crippen LogP) is 4.13. The second kappa shape index (κ2) is 4.84. The van der Waals surface area contributed by atoms with Gasteiger partial charge in [-0.25, -0.2) is 13.8 Å². The molecule has 0 saturated carbocycles. The normalized spacial score (nSPS) is 10.6. The zero-order valence-electron chi connectivity index (χ0n) is 9.50. The summed E-state index contributed by atoms with van der Waals surface area (Å²) in [5.74, 6) is -1.15. The van der Waals surface area contributed by atoms with Crippen LogP contribution in [0.15, 0.2) is 40.4 Å². The lowest BCUT2D eigenvalue weighted by atomic mass is 10.2. The first kappa shape index (κ1) is 12.0. The van der Waals surface area contributed by atoms with Crippen molar-refractivity contribution in [3.63, 3.8) is 0 Å². The molecule has 2 rings (SSSR count). The smallest absolute Gasteiger partial charge is 0.127 e. The molecular formula is C13H11F2NS. The van der Waals surface area contributed by atoms with E-state index in [2.05, 4.69) is 4.98 Å². The zero-order chi connectivity index (χ0) is 12.4. The molecule has 0 amide bonds. The Bertz CT molecular complexity index is 535. The molecule has 0 aliphatic carbocycles. The van der Waals surface area contributed by atoms with E-state index in [4.69, 9.17) is 0 Å². The van der Waals surface area contributed by atoms with Gasteiger partial charge in [0.2, 0.25) is 0 Å². The van der Waals surface area contributed by atoms with Gasteiger partial charge in [-0.15, -0.1) is 0 Å². The lowest BCUT2D eigenvalue weighted by molar-refractivity contribution is 0.577. The van der Waals surface area contributed by atoms with Crippen molar-refractivity contribution in [2.24, 2.45) is 0 Å². The van der Waals surface area contributed by atoms with Crippen LogP contribution < -0.4 is 0 Å². The summed E-state index contributed by atoms with van der Waals surface area (Å²) in [4.78, 5) is 4.72. The van der Waals surface area contributed by atoms with Gasteiger partial charge in [0.25, 0.3) is 0 Å². The van der Waals surface area contributed by atoms with Crippen LogP contribution in [0.1, 0.15) is 11.1 Å². The molecule has 1 aromatic heterocycles. The van der Waals surface area contributed by atoms with Crippen molar-refractivity contribution in [3.8, 4) is 0 Å². The molecular weight excluding hydrogens is 240 g/mol. The maximum absolute atomic E-state index is 13.0. The molecule has 0 N–H and O–H groups in total. The predicted molar refractivity (Wildman–Crippen MR) is 64.2 cm³/mol. The maximum Gasteiger partial charge on any atom is 0.127 e. The van der Waals surface area contributed by atoms with E-state index in [9.17, 15) is 8.78 Å². The monoisotopic (exact) mass is 251 g/mol. The molecule has 0 unspecified atom stereocenters. The summed E-state index contributed by atoms with van der Waals surface area (Å²) in [5, 5.41) is 0.734. The van der Waals surface area contributed by atoms with Crippen LogP contribution in [0.2, 0.25) is 0 Å². The molecule has 1 heterocycles. The zero-order valence-corrected chi connectivity index (χ0v) is 10.3. The highest BCUT2D eigenvalue weighted by Gasteiger charge is 2.04. The third-order valence-electron chi connectivity index (χ3n) is 2.41. The van der Waals surface area contributed by atoms with Gasteiger partial charge in [0.15, 0.2) is 0 Å². The molecule has 2 aromatic rings. The van der Waals surface area contributed by atoms with E-state index in [1.54, 1.807) is 6.20 Å². The van der Waals surface area contributed by atoms with Crippen LogP contribution in [0.25, 0.3) is 0 Å². The van der Waals surface area contributed by atoms with Crippen molar-refractivity contribution in [2.75, 3.05) is 0 Å². The Balaban J connectivity index is 2.28. The van der Waals surface area contributed by atoms with Gasteiger partial charge in [-0.1, -0.05) is 11.8 Å². The van der Waals surface area contributed by atoms with E-state index in [0.717, 1.165) is 22.2 Å². The molecule has 0 fully saturated rings. The fourth-order valence-electron chi connectivity index (χ4n) is 1.36. The van der Waals surface area contributed by atoms with Gasteiger partial charge in [-0.05, 0) is 43.2 Å². The van der Waals surface area contributed by atoms with E-state index in [1.165, 1.54) is 23.9 Å². The fraction of sp³-hybridized carbons (Fsp3) is 0.154. The highest BCUT2D eigenvalue weighted by Crippen LogP contribution is 2.28. The molecule has 4 heteroatoms. The number of hydrogen-bond donors (Lipinski definition) is 0. The summed E-state index contributed by atoms with van der Waals surface area (Å²) < 4.78 is 26.0. The molecule has 0 bridgehead atoms. The molecule has 1 aromatic carbocycles. The second-order valence-electron chi connectivity index (χ2n) is 3.81. The van der Waals surface area contributed by atoms with Crippen LogP contribution in [0.3, 0.4) is 0 Å². The second-order valence-corrected chi connectivity index (χ2v) is 4.91. The highest BCUT2D eigenvalue weighted by atomic mass is 32.2. The molecule has 0 atom stereocenters. The number of nitrogens with zero attached hydrogens (tertiary/aromatic N) is 1. The van der Waals surface area contributed by atoms with Gasteiger partial charge in [-0.3, -0.25) is 0 Å². The third-order valence-corrected chi connectivity index (χ3v) is 3.31. The minimum atomic E-state index is -0.573. The van der Waals surface area contributed by atoms with Crippen LogP contribution in [0, 0.1) is 25.5 Å². The summed E-state index contributed by atoms with van der Waals surface area (Å²) >= 11 is 1.25. The van der Waals surface area contributed by atoms with Crippen LogP contribution >= 0.6 is 11.8 Å². The van der Waals surface area contributed by atoms with E-state index in [0.29, 0.717) is 4.90 Å². The quantitative estimate of drug-likeness (QED) is 0.796. The number of hydrogen-bond acceptors (Lipinski definition) is 2. The summed E-state index contributed by atoms with van der Waals surface area (Å²) in [7, 11) is 0. The van der Waals surface area contributed by atoms with Crippen molar-refractivity contribution in [3.05, 3.63) is 53.2 Å². The van der Waals surface area contributed by atoms with Crippen molar-refractivity contribution in [2.45, 2.75) is 23.8 Å². The largest absolute Gasteiger partial charge is 0.249 e. The first-order valence-corrected chi connectivity index (χ1v) is 5.93. The van der Waals surface area contributed by atoms with Gasteiger partial charge in [0.05, 0.1) is 0 Å². The number of halogens is 2. The summed E-state index contributed by atoms with van der Waals surface area (Å²) in [5.41, 5.74) is 2.21. The Morgan fingerprint density at radius 2 is 1.59 bits per heavy atom. The van der Waals surface area contributed by atoms with Crippen LogP contribution in [-0.2, 0) is 0 Å². The Labute approximate surface area is 103 Å². The van der Waals surface area contributed by atoms with E-state index in [-0.39, 0.29) is 0 Å². The van der Waals surface area contributed by atoms with Gasteiger partial charge in [0.1, 0.15) is 16.7 Å². The summed E-state index contributed by atoms with van der Waals surface area (Å²) in [6, 6.07) is 5.36. The molecule has 17 heavy (non-hydrogen) atoms. The van der Waals surface area contributed by atoms with Gasteiger partial charge >= 0.3 is 0 Å². The molecule has 0 aliphatic heterocycles. The lowest BCUT2D eigenvalue weighted by Gasteiger charge is -2.04. The Kier molecular flexibility index (Phi) is 3.43. The number of pyridine rings is 1. The number of benzene rings is 1. The first-order valence-electron chi connectivity index (χ1n) is 5.12. The molecule has 0 aliphatic rings. The number of rotatable bonds is 2. The van der Waals surface area contributed by atoms with Gasteiger partial charge in [0, 0.05) is 17.2 Å². The average molecular weight is 251 g/mol. The maximum atomic E-state index is 13.0. The SMILES string of the molecule is Cc1cnc(Sc2cc(F)cc(F)c2)cc1C. The highest BCUT2D eigenvalue weighted by molar-refractivity contribution is 7.99. The van der Waals surface area contributed by atoms with E-state index in [1.807, 2.05) is 19.9 Å². The Morgan fingerprint density at radius 3 is 2.18 bits per heavy atom. The lowest BCUT2D eigenvalue weighted by Crippen LogP contribution is -1.87. The summed E-state index contributed by atoms with van der Waals surface area (Å²) in [6.45, 7) is 3.95. The Morgan fingerprint density at radius 1 is 0.941 bits per heavy atom. The first-order chi connectivity index (χ1) is 8.04. The molecule has 0 radical (unpaired) electrons. The third kappa shape index (κ3) is 3.03. The minimum absolute atomic E-state index is 0.512. The average Bonchev–Trinajstić information content (AvgIpc) is 2.22.